The van der Waals surface area contributed by atoms with Gasteiger partial charge in [-0.3, -0.25) is 4.79 Å². The number of rotatable bonds is 5. The van der Waals surface area contributed by atoms with Crippen molar-refractivity contribution in [3.8, 4) is 0 Å². The lowest BCUT2D eigenvalue weighted by Gasteiger charge is -2.30. The van der Waals surface area contributed by atoms with Crippen LogP contribution in [0, 0.1) is 6.92 Å². The molecule has 0 aromatic heterocycles. The number of methoxy groups -OCH3 is 1. The second-order valence-corrected chi connectivity index (χ2v) is 4.24. The van der Waals surface area contributed by atoms with Crippen LogP contribution in [0.1, 0.15) is 17.5 Å². The molecular formula is C13H17F2NO2. The lowest BCUT2D eigenvalue weighted by Crippen LogP contribution is -2.45. The number of esters is 1. The largest absolute Gasteiger partial charge is 0.468 e. The highest BCUT2D eigenvalue weighted by Crippen LogP contribution is 2.32. The Labute approximate surface area is 105 Å². The Balaban J connectivity index is 3.29. The SMILES string of the molecule is COC(=O)C(CN)(CC(F)F)c1cccc(C)c1. The van der Waals surface area contributed by atoms with Crippen molar-refractivity contribution in [1.29, 1.82) is 0 Å². The molecule has 1 atom stereocenters. The third-order valence-electron chi connectivity index (χ3n) is 3.00. The molecule has 0 aliphatic carbocycles. The van der Waals surface area contributed by atoms with Crippen molar-refractivity contribution in [3.05, 3.63) is 35.4 Å². The molecule has 0 saturated carbocycles. The number of benzene rings is 1. The van der Waals surface area contributed by atoms with Crippen LogP contribution in [0.3, 0.4) is 0 Å². The molecule has 0 heterocycles. The number of alkyl halides is 2. The third kappa shape index (κ3) is 2.85. The standard InChI is InChI=1S/C13H17F2NO2/c1-9-4-3-5-10(6-9)13(8-16,7-11(14)15)12(17)18-2/h3-6,11H,7-8,16H2,1-2H3. The van der Waals surface area contributed by atoms with Crippen molar-refractivity contribution < 1.29 is 18.3 Å². The zero-order chi connectivity index (χ0) is 13.8. The molecule has 0 radical (unpaired) electrons. The molecule has 0 saturated heterocycles. The van der Waals surface area contributed by atoms with E-state index in [-0.39, 0.29) is 6.54 Å². The number of hydrogen-bond acceptors (Lipinski definition) is 3. The zero-order valence-corrected chi connectivity index (χ0v) is 10.5. The van der Waals surface area contributed by atoms with Crippen molar-refractivity contribution in [1.82, 2.24) is 0 Å². The van der Waals surface area contributed by atoms with E-state index in [1.54, 1.807) is 18.2 Å². The lowest BCUT2D eigenvalue weighted by atomic mass is 9.77. The molecule has 0 fully saturated rings. The second-order valence-electron chi connectivity index (χ2n) is 4.24. The van der Waals surface area contributed by atoms with Gasteiger partial charge in [0.1, 0.15) is 5.41 Å². The van der Waals surface area contributed by atoms with E-state index in [9.17, 15) is 13.6 Å². The van der Waals surface area contributed by atoms with Gasteiger partial charge in [0, 0.05) is 13.0 Å². The van der Waals surface area contributed by atoms with Gasteiger partial charge in [0.15, 0.2) is 0 Å². The first kappa shape index (κ1) is 14.6. The van der Waals surface area contributed by atoms with Crippen LogP contribution in [0.25, 0.3) is 0 Å². The predicted molar refractivity (Wildman–Crippen MR) is 64.5 cm³/mol. The number of nitrogens with two attached hydrogens (primary N) is 1. The maximum atomic E-state index is 12.7. The van der Waals surface area contributed by atoms with Gasteiger partial charge in [-0.05, 0) is 12.5 Å². The lowest BCUT2D eigenvalue weighted by molar-refractivity contribution is -0.149. The smallest absolute Gasteiger partial charge is 0.317 e. The average molecular weight is 257 g/mol. The fourth-order valence-corrected chi connectivity index (χ4v) is 2.01. The molecule has 0 bridgehead atoms. The summed E-state index contributed by atoms with van der Waals surface area (Å²) < 4.78 is 30.1. The number of ether oxygens (including phenoxy) is 1. The first-order valence-corrected chi connectivity index (χ1v) is 5.60. The molecule has 5 heteroatoms. The summed E-state index contributed by atoms with van der Waals surface area (Å²) in [7, 11) is 1.17. The predicted octanol–water partition coefficient (Wildman–Crippen LogP) is 2.02. The van der Waals surface area contributed by atoms with Crippen LogP contribution in [0.15, 0.2) is 24.3 Å². The zero-order valence-electron chi connectivity index (χ0n) is 10.5. The Morgan fingerprint density at radius 1 is 1.50 bits per heavy atom. The Kier molecular flexibility index (Phi) is 4.78. The van der Waals surface area contributed by atoms with Gasteiger partial charge < -0.3 is 10.5 Å². The Hall–Kier alpha value is -1.49. The molecule has 18 heavy (non-hydrogen) atoms. The van der Waals surface area contributed by atoms with Gasteiger partial charge in [0.2, 0.25) is 6.43 Å². The van der Waals surface area contributed by atoms with Gasteiger partial charge in [-0.1, -0.05) is 29.8 Å². The second kappa shape index (κ2) is 5.91. The van der Waals surface area contributed by atoms with Crippen LogP contribution < -0.4 is 5.73 Å². The molecule has 1 unspecified atom stereocenters. The van der Waals surface area contributed by atoms with E-state index in [4.69, 9.17) is 5.73 Å². The number of carbonyl (C=O) groups excluding carboxylic acids is 1. The maximum absolute atomic E-state index is 12.7. The molecule has 1 aromatic rings. The Morgan fingerprint density at radius 2 is 2.17 bits per heavy atom. The van der Waals surface area contributed by atoms with Gasteiger partial charge >= 0.3 is 5.97 Å². The summed E-state index contributed by atoms with van der Waals surface area (Å²) in [5.41, 5.74) is 5.45. The average Bonchev–Trinajstić information content (AvgIpc) is 2.34. The summed E-state index contributed by atoms with van der Waals surface area (Å²) in [6.07, 6.45) is -3.27. The monoisotopic (exact) mass is 257 g/mol. The molecule has 0 amide bonds. The van der Waals surface area contributed by atoms with Gasteiger partial charge in [-0.2, -0.15) is 0 Å². The Morgan fingerprint density at radius 3 is 2.61 bits per heavy atom. The van der Waals surface area contributed by atoms with Crippen molar-refractivity contribution in [2.45, 2.75) is 25.2 Å². The molecule has 0 spiro atoms. The Bertz CT molecular complexity index is 423. The molecule has 0 aliphatic heterocycles. The first-order chi connectivity index (χ1) is 8.46. The highest BCUT2D eigenvalue weighted by Gasteiger charge is 2.42. The summed E-state index contributed by atoms with van der Waals surface area (Å²) in [5.74, 6) is -0.726. The number of halogens is 2. The van der Waals surface area contributed by atoms with E-state index < -0.39 is 24.2 Å². The van der Waals surface area contributed by atoms with Crippen molar-refractivity contribution >= 4 is 5.97 Å². The summed E-state index contributed by atoms with van der Waals surface area (Å²) in [4.78, 5) is 11.9. The van der Waals surface area contributed by atoms with Gasteiger partial charge in [-0.25, -0.2) is 8.78 Å². The highest BCUT2D eigenvalue weighted by molar-refractivity contribution is 5.83. The molecule has 1 aromatic carbocycles. The van der Waals surface area contributed by atoms with E-state index in [1.807, 2.05) is 13.0 Å². The molecule has 100 valence electrons. The number of aryl methyl sites for hydroxylation is 1. The highest BCUT2D eigenvalue weighted by atomic mass is 19.3. The normalized spacial score (nSPS) is 14.3. The molecular weight excluding hydrogens is 240 g/mol. The molecule has 3 nitrogen and oxygen atoms in total. The summed E-state index contributed by atoms with van der Waals surface area (Å²) in [5, 5.41) is 0. The van der Waals surface area contributed by atoms with Crippen LogP contribution in [0.2, 0.25) is 0 Å². The van der Waals surface area contributed by atoms with E-state index in [0.717, 1.165) is 5.56 Å². The van der Waals surface area contributed by atoms with Gasteiger partial charge in [0.05, 0.1) is 7.11 Å². The van der Waals surface area contributed by atoms with Crippen LogP contribution in [0.5, 0.6) is 0 Å². The van der Waals surface area contributed by atoms with Gasteiger partial charge in [-0.15, -0.1) is 0 Å². The third-order valence-corrected chi connectivity index (χ3v) is 3.00. The van der Waals surface area contributed by atoms with Crippen LogP contribution >= 0.6 is 0 Å². The fourth-order valence-electron chi connectivity index (χ4n) is 2.01. The van der Waals surface area contributed by atoms with E-state index >= 15 is 0 Å². The van der Waals surface area contributed by atoms with Crippen molar-refractivity contribution in [2.75, 3.05) is 13.7 Å². The summed E-state index contributed by atoms with van der Waals surface area (Å²) in [6, 6.07) is 6.85. The van der Waals surface area contributed by atoms with Crippen LogP contribution in [0.4, 0.5) is 8.78 Å². The topological polar surface area (TPSA) is 52.3 Å². The van der Waals surface area contributed by atoms with E-state index in [0.29, 0.717) is 5.56 Å². The molecule has 0 aliphatic rings. The fraction of sp³-hybridized carbons (Fsp3) is 0.462. The maximum Gasteiger partial charge on any atom is 0.317 e. The van der Waals surface area contributed by atoms with E-state index in [2.05, 4.69) is 4.74 Å². The number of hydrogen-bond donors (Lipinski definition) is 1. The van der Waals surface area contributed by atoms with Crippen molar-refractivity contribution in [2.24, 2.45) is 5.73 Å². The minimum Gasteiger partial charge on any atom is -0.468 e. The molecule has 2 N–H and O–H groups in total. The van der Waals surface area contributed by atoms with Gasteiger partial charge in [0.25, 0.3) is 0 Å². The number of carbonyl (C=O) groups is 1. The minimum atomic E-state index is -2.63. The van der Waals surface area contributed by atoms with Crippen LogP contribution in [-0.2, 0) is 14.9 Å². The molecule has 1 rings (SSSR count). The van der Waals surface area contributed by atoms with Crippen LogP contribution in [-0.4, -0.2) is 26.0 Å². The summed E-state index contributed by atoms with van der Waals surface area (Å²) in [6.45, 7) is 1.61. The van der Waals surface area contributed by atoms with E-state index in [1.165, 1.54) is 7.11 Å². The van der Waals surface area contributed by atoms with Crippen molar-refractivity contribution in [3.63, 3.8) is 0 Å². The minimum absolute atomic E-state index is 0.215. The summed E-state index contributed by atoms with van der Waals surface area (Å²) >= 11 is 0. The first-order valence-electron chi connectivity index (χ1n) is 5.60. The quantitative estimate of drug-likeness (QED) is 0.821.